The molecule has 4 heteroatoms. The van der Waals surface area contributed by atoms with Gasteiger partial charge in [-0.25, -0.2) is 0 Å². The van der Waals surface area contributed by atoms with Crippen LogP contribution in [0.25, 0.3) is 0 Å². The quantitative estimate of drug-likeness (QED) is 0.698. The first-order chi connectivity index (χ1) is 8.12. The number of aliphatic hydroxyl groups is 1. The highest BCUT2D eigenvalue weighted by Crippen LogP contribution is 2.47. The number of carbonyl (C=O) groups excluding carboxylic acids is 2. The van der Waals surface area contributed by atoms with Crippen molar-refractivity contribution in [2.45, 2.75) is 63.5 Å². The molecule has 0 aromatic heterocycles. The number of amides is 2. The van der Waals surface area contributed by atoms with Gasteiger partial charge in [-0.15, -0.1) is 0 Å². The summed E-state index contributed by atoms with van der Waals surface area (Å²) in [5, 5.41) is 9.30. The van der Waals surface area contributed by atoms with Crippen LogP contribution in [0.3, 0.4) is 0 Å². The lowest BCUT2D eigenvalue weighted by molar-refractivity contribution is -0.149. The lowest BCUT2D eigenvalue weighted by atomic mass is 9.73. The second kappa shape index (κ2) is 3.80. The first kappa shape index (κ1) is 11.2. The van der Waals surface area contributed by atoms with Crippen LogP contribution in [-0.2, 0) is 9.59 Å². The highest BCUT2D eigenvalue weighted by Gasteiger charge is 2.54. The summed E-state index contributed by atoms with van der Waals surface area (Å²) in [7, 11) is 0. The minimum Gasteiger partial charge on any atom is -0.393 e. The number of hydrogen-bond donors (Lipinski definition) is 1. The van der Waals surface area contributed by atoms with Gasteiger partial charge >= 0.3 is 0 Å². The van der Waals surface area contributed by atoms with Crippen LogP contribution in [0.4, 0.5) is 0 Å². The number of hydrogen-bond acceptors (Lipinski definition) is 3. The van der Waals surface area contributed by atoms with Crippen molar-refractivity contribution >= 4 is 11.8 Å². The minimum atomic E-state index is -0.365. The van der Waals surface area contributed by atoms with Crippen LogP contribution >= 0.6 is 0 Å². The fraction of sp³-hybridized carbons (Fsp3) is 0.846. The summed E-state index contributed by atoms with van der Waals surface area (Å²) < 4.78 is 0. The van der Waals surface area contributed by atoms with Crippen LogP contribution in [0.2, 0.25) is 0 Å². The van der Waals surface area contributed by atoms with Gasteiger partial charge in [-0.2, -0.15) is 0 Å². The van der Waals surface area contributed by atoms with Crippen LogP contribution in [0.5, 0.6) is 0 Å². The molecule has 4 nitrogen and oxygen atoms in total. The average Bonchev–Trinajstić information content (AvgIpc) is 2.49. The van der Waals surface area contributed by atoms with E-state index in [0.717, 1.165) is 25.7 Å². The van der Waals surface area contributed by atoms with Crippen molar-refractivity contribution in [3.05, 3.63) is 0 Å². The first-order valence-corrected chi connectivity index (χ1v) is 6.67. The van der Waals surface area contributed by atoms with Crippen LogP contribution in [0, 0.1) is 5.41 Å². The summed E-state index contributed by atoms with van der Waals surface area (Å²) >= 11 is 0. The molecule has 1 N–H and O–H groups in total. The molecule has 0 unspecified atom stereocenters. The monoisotopic (exact) mass is 237 g/mol. The smallest absolute Gasteiger partial charge is 0.236 e. The van der Waals surface area contributed by atoms with E-state index in [2.05, 4.69) is 0 Å². The maximum Gasteiger partial charge on any atom is 0.236 e. The van der Waals surface area contributed by atoms with Gasteiger partial charge in [0, 0.05) is 12.5 Å². The Morgan fingerprint density at radius 3 is 2.35 bits per heavy atom. The zero-order valence-corrected chi connectivity index (χ0v) is 10.0. The lowest BCUT2D eigenvalue weighted by Crippen LogP contribution is -2.51. The van der Waals surface area contributed by atoms with Crippen molar-refractivity contribution in [3.63, 3.8) is 0 Å². The molecule has 0 aromatic rings. The molecule has 0 radical (unpaired) electrons. The number of aliphatic hydroxyl groups excluding tert-OH is 1. The molecule has 94 valence electrons. The van der Waals surface area contributed by atoms with Crippen LogP contribution in [0.15, 0.2) is 0 Å². The summed E-state index contributed by atoms with van der Waals surface area (Å²) in [4.78, 5) is 25.9. The molecule has 1 saturated heterocycles. The number of carbonyl (C=O) groups is 2. The van der Waals surface area contributed by atoms with Gasteiger partial charge in [0.2, 0.25) is 11.8 Å². The molecule has 0 aromatic carbocycles. The fourth-order valence-corrected chi connectivity index (χ4v) is 3.58. The number of likely N-dealkylation sites (tertiary alicyclic amines) is 1. The largest absolute Gasteiger partial charge is 0.393 e. The minimum absolute atomic E-state index is 0.00574. The molecule has 2 aliphatic carbocycles. The van der Waals surface area contributed by atoms with Crippen molar-refractivity contribution < 1.29 is 14.7 Å². The Labute approximate surface area is 101 Å². The van der Waals surface area contributed by atoms with Crippen LogP contribution < -0.4 is 0 Å². The normalized spacial score (nSPS) is 36.4. The van der Waals surface area contributed by atoms with E-state index in [-0.39, 0.29) is 29.4 Å². The molecule has 3 fully saturated rings. The number of rotatable bonds is 1. The molecule has 0 bridgehead atoms. The SMILES string of the molecule is O=C1CC2(CCCCC2)C(=O)N1C1CC(O)C1. The summed E-state index contributed by atoms with van der Waals surface area (Å²) in [6, 6.07) is -0.0219. The lowest BCUT2D eigenvalue weighted by Gasteiger charge is -2.39. The van der Waals surface area contributed by atoms with Gasteiger partial charge in [-0.1, -0.05) is 19.3 Å². The molecule has 3 aliphatic rings. The third-order valence-electron chi connectivity index (χ3n) is 4.69. The van der Waals surface area contributed by atoms with E-state index >= 15 is 0 Å². The standard InChI is InChI=1S/C13H19NO3/c15-10-6-9(7-10)14-11(16)8-13(12(14)17)4-2-1-3-5-13/h9-10,15H,1-8H2. The van der Waals surface area contributed by atoms with E-state index in [4.69, 9.17) is 0 Å². The Morgan fingerprint density at radius 1 is 1.12 bits per heavy atom. The Balaban J connectivity index is 1.78. The second-order valence-electron chi connectivity index (χ2n) is 5.87. The maximum absolute atomic E-state index is 12.5. The van der Waals surface area contributed by atoms with E-state index in [1.54, 1.807) is 0 Å². The average molecular weight is 237 g/mol. The second-order valence-corrected chi connectivity index (χ2v) is 5.87. The van der Waals surface area contributed by atoms with Gasteiger partial charge < -0.3 is 5.11 Å². The predicted octanol–water partition coefficient (Wildman–Crippen LogP) is 1.22. The zero-order valence-electron chi connectivity index (χ0n) is 10.0. The molecule has 2 saturated carbocycles. The number of imide groups is 1. The van der Waals surface area contributed by atoms with Crippen molar-refractivity contribution in [2.75, 3.05) is 0 Å². The molecule has 17 heavy (non-hydrogen) atoms. The molecule has 1 heterocycles. The highest BCUT2D eigenvalue weighted by molar-refractivity contribution is 6.06. The Hall–Kier alpha value is -0.900. The maximum atomic E-state index is 12.5. The van der Waals surface area contributed by atoms with Gasteiger partial charge in [-0.05, 0) is 25.7 Å². The van der Waals surface area contributed by atoms with Crippen molar-refractivity contribution in [1.82, 2.24) is 4.90 Å². The summed E-state index contributed by atoms with van der Waals surface area (Å²) in [5.41, 5.74) is -0.365. The summed E-state index contributed by atoms with van der Waals surface area (Å²) in [6.07, 6.45) is 6.33. The molecule has 2 amide bonds. The number of nitrogens with zero attached hydrogens (tertiary/aromatic N) is 1. The Bertz CT molecular complexity index is 354. The molecule has 1 aliphatic heterocycles. The third-order valence-corrected chi connectivity index (χ3v) is 4.69. The highest BCUT2D eigenvalue weighted by atomic mass is 16.3. The zero-order chi connectivity index (χ0) is 12.0. The van der Waals surface area contributed by atoms with E-state index in [9.17, 15) is 14.7 Å². The summed E-state index contributed by atoms with van der Waals surface area (Å²) in [6.45, 7) is 0. The fourth-order valence-electron chi connectivity index (χ4n) is 3.58. The molecular formula is C13H19NO3. The van der Waals surface area contributed by atoms with Gasteiger partial charge in [0.15, 0.2) is 0 Å². The van der Waals surface area contributed by atoms with Crippen LogP contribution in [0.1, 0.15) is 51.4 Å². The van der Waals surface area contributed by atoms with E-state index in [0.29, 0.717) is 19.3 Å². The first-order valence-electron chi connectivity index (χ1n) is 6.67. The third kappa shape index (κ3) is 1.61. The molecule has 3 rings (SSSR count). The van der Waals surface area contributed by atoms with Crippen molar-refractivity contribution in [3.8, 4) is 0 Å². The van der Waals surface area contributed by atoms with Gasteiger partial charge in [0.25, 0.3) is 0 Å². The molecular weight excluding hydrogens is 218 g/mol. The van der Waals surface area contributed by atoms with Gasteiger partial charge in [-0.3, -0.25) is 14.5 Å². The van der Waals surface area contributed by atoms with Crippen LogP contribution in [-0.4, -0.2) is 34.0 Å². The van der Waals surface area contributed by atoms with E-state index in [1.807, 2.05) is 0 Å². The Kier molecular flexibility index (Phi) is 2.51. The Morgan fingerprint density at radius 2 is 1.76 bits per heavy atom. The van der Waals surface area contributed by atoms with E-state index < -0.39 is 0 Å². The van der Waals surface area contributed by atoms with Crippen molar-refractivity contribution in [1.29, 1.82) is 0 Å². The van der Waals surface area contributed by atoms with Crippen molar-refractivity contribution in [2.24, 2.45) is 5.41 Å². The van der Waals surface area contributed by atoms with Gasteiger partial charge in [0.05, 0.1) is 11.5 Å². The molecule has 0 atom stereocenters. The molecule has 1 spiro atoms. The topological polar surface area (TPSA) is 57.6 Å². The predicted molar refractivity (Wildman–Crippen MR) is 61.0 cm³/mol. The summed E-state index contributed by atoms with van der Waals surface area (Å²) in [5.74, 6) is 0.0490. The van der Waals surface area contributed by atoms with E-state index in [1.165, 1.54) is 11.3 Å². The van der Waals surface area contributed by atoms with Gasteiger partial charge in [0.1, 0.15) is 0 Å².